The molecule has 54 heavy (non-hydrogen) atoms. The lowest BCUT2D eigenvalue weighted by atomic mass is 9.82. The van der Waals surface area contributed by atoms with Crippen molar-refractivity contribution in [3.05, 3.63) is 192 Å². The average molecular weight is 710 g/mol. The van der Waals surface area contributed by atoms with Gasteiger partial charge in [0.25, 0.3) is 0 Å². The second-order valence-electron chi connectivity index (χ2n) is 15.0. The smallest absolute Gasteiger partial charge is 0.134 e. The number of aliphatic imine (C=N–C) groups is 1. The number of para-hydroxylation sites is 1. The van der Waals surface area contributed by atoms with Crippen LogP contribution in [0.3, 0.4) is 0 Å². The Morgan fingerprint density at radius 2 is 1.33 bits per heavy atom. The first-order chi connectivity index (χ1) is 26.5. The van der Waals surface area contributed by atoms with E-state index in [9.17, 15) is 0 Å². The molecule has 1 N–H and O–H groups in total. The van der Waals surface area contributed by atoms with Crippen LogP contribution in [-0.4, -0.2) is 10.8 Å². The molecular weight excluding hydrogens is 675 g/mol. The molecule has 1 aliphatic heterocycles. The molecule has 1 aliphatic carbocycles. The lowest BCUT2D eigenvalue weighted by molar-refractivity contribution is 0.660. The van der Waals surface area contributed by atoms with Crippen LogP contribution < -0.4 is 5.32 Å². The van der Waals surface area contributed by atoms with Crippen molar-refractivity contribution in [2.75, 3.05) is 0 Å². The van der Waals surface area contributed by atoms with Gasteiger partial charge in [-0.3, -0.25) is 0 Å². The number of benzene rings is 7. The Morgan fingerprint density at radius 1 is 0.593 bits per heavy atom. The van der Waals surface area contributed by atoms with Crippen LogP contribution in [0.1, 0.15) is 47.7 Å². The maximum absolute atomic E-state index is 5.41. The van der Waals surface area contributed by atoms with E-state index in [-0.39, 0.29) is 11.5 Å². The largest absolute Gasteiger partial charge is 0.359 e. The summed E-state index contributed by atoms with van der Waals surface area (Å²) in [6, 6.07) is 57.0. The fraction of sp³-hybridized carbons (Fsp3) is 0.0800. The number of thiophene rings is 1. The van der Waals surface area contributed by atoms with E-state index < -0.39 is 0 Å². The Kier molecular flexibility index (Phi) is 6.83. The molecule has 7 aromatic carbocycles. The van der Waals surface area contributed by atoms with Gasteiger partial charge in [0.2, 0.25) is 0 Å². The van der Waals surface area contributed by atoms with Gasteiger partial charge in [0.1, 0.15) is 5.84 Å². The fourth-order valence-corrected chi connectivity index (χ4v) is 9.92. The van der Waals surface area contributed by atoms with Gasteiger partial charge in [-0.15, -0.1) is 11.3 Å². The zero-order chi connectivity index (χ0) is 36.0. The van der Waals surface area contributed by atoms with Crippen LogP contribution in [-0.2, 0) is 5.41 Å². The van der Waals surface area contributed by atoms with Crippen molar-refractivity contribution >= 4 is 64.7 Å². The summed E-state index contributed by atoms with van der Waals surface area (Å²) >= 11 is 1.85. The van der Waals surface area contributed by atoms with Gasteiger partial charge in [0.05, 0.1) is 22.9 Å². The molecule has 9 aromatic rings. The second-order valence-corrected chi connectivity index (χ2v) is 16.1. The minimum absolute atomic E-state index is 0.0409. The number of amidine groups is 1. The lowest BCUT2D eigenvalue weighted by Crippen LogP contribution is -2.31. The SMILES string of the molecule is CC1(C)c2ccccc2-c2ccc(C3=NC(c4ccc5sc6c7ccccc7nc(-c7ccc8ccccc8c7)c6c5c4)=CC(c4ccccc4)N3)cc21. The summed E-state index contributed by atoms with van der Waals surface area (Å²) in [4.78, 5) is 10.8. The Morgan fingerprint density at radius 3 is 2.24 bits per heavy atom. The summed E-state index contributed by atoms with van der Waals surface area (Å²) < 4.78 is 2.51. The number of hydrogen-bond donors (Lipinski definition) is 1. The Labute approximate surface area is 318 Å². The third-order valence-corrected chi connectivity index (χ3v) is 12.7. The molecule has 0 amide bonds. The van der Waals surface area contributed by atoms with Crippen LogP contribution in [0.15, 0.2) is 169 Å². The molecule has 256 valence electrons. The standard InChI is InChI=1S/C50H35N3S/c1-50(2)40-18-10-8-16-36(40)37-24-22-35(28-41(37)50)49-52-43(31-13-4-3-5-14-31)29-44(53-49)33-23-25-45-39(27-33)46-47(34-21-20-30-12-6-7-15-32(30)26-34)51-42-19-11-9-17-38(42)48(46)54-45/h3-29,43H,1-2H3,(H,52,53). The van der Waals surface area contributed by atoms with E-state index in [1.807, 2.05) is 11.3 Å². The zero-order valence-corrected chi connectivity index (χ0v) is 30.8. The van der Waals surface area contributed by atoms with E-state index in [0.717, 1.165) is 39.4 Å². The maximum atomic E-state index is 5.41. The van der Waals surface area contributed by atoms with Crippen LogP contribution in [0.2, 0.25) is 0 Å². The summed E-state index contributed by atoms with van der Waals surface area (Å²) in [5.41, 5.74) is 12.8. The van der Waals surface area contributed by atoms with E-state index in [1.165, 1.54) is 64.1 Å². The molecule has 2 aliphatic rings. The molecule has 11 rings (SSSR count). The average Bonchev–Trinajstić information content (AvgIpc) is 3.72. The fourth-order valence-electron chi connectivity index (χ4n) is 8.70. The van der Waals surface area contributed by atoms with Crippen LogP contribution in [0.4, 0.5) is 0 Å². The minimum atomic E-state index is -0.0966. The Balaban J connectivity index is 1.10. The van der Waals surface area contributed by atoms with Crippen molar-refractivity contribution in [1.82, 2.24) is 10.3 Å². The third-order valence-electron chi connectivity index (χ3n) is 11.5. The number of rotatable bonds is 4. The highest BCUT2D eigenvalue weighted by molar-refractivity contribution is 7.26. The molecule has 2 aromatic heterocycles. The van der Waals surface area contributed by atoms with E-state index in [4.69, 9.17) is 9.98 Å². The summed E-state index contributed by atoms with van der Waals surface area (Å²) in [5, 5.41) is 9.85. The number of fused-ring (bicyclic) bond motifs is 9. The highest BCUT2D eigenvalue weighted by atomic mass is 32.1. The minimum Gasteiger partial charge on any atom is -0.359 e. The van der Waals surface area contributed by atoms with Crippen molar-refractivity contribution in [2.24, 2.45) is 4.99 Å². The first kappa shape index (κ1) is 31.2. The number of aromatic nitrogens is 1. The first-order valence-electron chi connectivity index (χ1n) is 18.6. The van der Waals surface area contributed by atoms with Gasteiger partial charge in [-0.05, 0) is 75.0 Å². The quantitative estimate of drug-likeness (QED) is 0.198. The monoisotopic (exact) mass is 709 g/mol. The molecule has 3 nitrogen and oxygen atoms in total. The summed E-state index contributed by atoms with van der Waals surface area (Å²) in [6.07, 6.45) is 2.28. The number of nitrogens with one attached hydrogen (secondary N) is 1. The molecule has 0 spiro atoms. The Hall–Kier alpha value is -6.36. The predicted molar refractivity (Wildman–Crippen MR) is 228 cm³/mol. The van der Waals surface area contributed by atoms with Crippen LogP contribution >= 0.6 is 11.3 Å². The van der Waals surface area contributed by atoms with Crippen molar-refractivity contribution in [2.45, 2.75) is 25.3 Å². The number of hydrogen-bond acceptors (Lipinski definition) is 4. The third kappa shape index (κ3) is 4.80. The first-order valence-corrected chi connectivity index (χ1v) is 19.4. The molecule has 1 unspecified atom stereocenters. The van der Waals surface area contributed by atoms with Gasteiger partial charge in [0, 0.05) is 47.7 Å². The predicted octanol–water partition coefficient (Wildman–Crippen LogP) is 12.9. The second kappa shape index (κ2) is 11.8. The van der Waals surface area contributed by atoms with Crippen LogP contribution in [0, 0.1) is 0 Å². The molecule has 0 radical (unpaired) electrons. The van der Waals surface area contributed by atoms with E-state index in [0.29, 0.717) is 0 Å². The molecule has 0 bridgehead atoms. The Bertz CT molecular complexity index is 3060. The summed E-state index contributed by atoms with van der Waals surface area (Å²) in [5.74, 6) is 0.885. The molecule has 0 saturated carbocycles. The topological polar surface area (TPSA) is 37.3 Å². The molecule has 3 heterocycles. The van der Waals surface area contributed by atoms with Gasteiger partial charge in [-0.1, -0.05) is 141 Å². The van der Waals surface area contributed by atoms with Gasteiger partial charge in [0.15, 0.2) is 0 Å². The van der Waals surface area contributed by atoms with Crippen molar-refractivity contribution in [1.29, 1.82) is 0 Å². The van der Waals surface area contributed by atoms with Gasteiger partial charge in [-0.2, -0.15) is 0 Å². The highest BCUT2D eigenvalue weighted by Crippen LogP contribution is 2.49. The van der Waals surface area contributed by atoms with Gasteiger partial charge >= 0.3 is 0 Å². The summed E-state index contributed by atoms with van der Waals surface area (Å²) in [6.45, 7) is 4.67. The van der Waals surface area contributed by atoms with Crippen LogP contribution in [0.25, 0.3) is 69.9 Å². The molecular formula is C50H35N3S. The number of pyridine rings is 1. The maximum Gasteiger partial charge on any atom is 0.134 e. The molecule has 4 heteroatoms. The van der Waals surface area contributed by atoms with E-state index >= 15 is 0 Å². The normalized spacial score (nSPS) is 15.9. The molecule has 0 saturated heterocycles. The number of nitrogens with zero attached hydrogens (tertiary/aromatic N) is 2. The van der Waals surface area contributed by atoms with E-state index in [2.05, 4.69) is 183 Å². The van der Waals surface area contributed by atoms with Gasteiger partial charge in [-0.25, -0.2) is 9.98 Å². The van der Waals surface area contributed by atoms with Crippen molar-refractivity contribution < 1.29 is 0 Å². The van der Waals surface area contributed by atoms with Crippen LogP contribution in [0.5, 0.6) is 0 Å². The van der Waals surface area contributed by atoms with Crippen molar-refractivity contribution in [3.63, 3.8) is 0 Å². The zero-order valence-electron chi connectivity index (χ0n) is 30.0. The lowest BCUT2D eigenvalue weighted by Gasteiger charge is -2.26. The van der Waals surface area contributed by atoms with E-state index in [1.54, 1.807) is 0 Å². The van der Waals surface area contributed by atoms with Crippen molar-refractivity contribution in [3.8, 4) is 22.4 Å². The van der Waals surface area contributed by atoms with Gasteiger partial charge < -0.3 is 5.32 Å². The summed E-state index contributed by atoms with van der Waals surface area (Å²) in [7, 11) is 0. The highest BCUT2D eigenvalue weighted by Gasteiger charge is 2.35. The molecule has 0 fully saturated rings. The molecule has 1 atom stereocenters.